The number of anilines is 1. The fourth-order valence-corrected chi connectivity index (χ4v) is 3.15. The first-order valence-corrected chi connectivity index (χ1v) is 7.97. The summed E-state index contributed by atoms with van der Waals surface area (Å²) in [6, 6.07) is 10.6. The van der Waals surface area contributed by atoms with Crippen molar-refractivity contribution in [2.75, 3.05) is 5.32 Å². The van der Waals surface area contributed by atoms with Crippen LogP contribution in [-0.4, -0.2) is 16.0 Å². The van der Waals surface area contributed by atoms with Crippen molar-refractivity contribution in [3.63, 3.8) is 0 Å². The van der Waals surface area contributed by atoms with Gasteiger partial charge in [0, 0.05) is 11.6 Å². The second-order valence-corrected chi connectivity index (χ2v) is 5.99. The van der Waals surface area contributed by atoms with E-state index in [1.54, 1.807) is 0 Å². The van der Waals surface area contributed by atoms with E-state index in [1.165, 1.54) is 32.1 Å². The van der Waals surface area contributed by atoms with Crippen LogP contribution >= 0.6 is 0 Å². The average Bonchev–Trinajstić information content (AvgIpc) is 2.57. The Morgan fingerprint density at radius 1 is 1.00 bits per heavy atom. The van der Waals surface area contributed by atoms with Crippen LogP contribution in [0.3, 0.4) is 0 Å². The molecular weight excluding hydrogens is 258 g/mol. The molecule has 1 saturated carbocycles. The molecule has 1 atom stereocenters. The Morgan fingerprint density at radius 3 is 2.33 bits per heavy atom. The number of benzene rings is 1. The highest BCUT2D eigenvalue weighted by molar-refractivity contribution is 5.55. The molecule has 0 saturated heterocycles. The molecule has 0 radical (unpaired) electrons. The van der Waals surface area contributed by atoms with Gasteiger partial charge in [-0.3, -0.25) is 0 Å². The first kappa shape index (κ1) is 14.1. The van der Waals surface area contributed by atoms with Crippen molar-refractivity contribution < 1.29 is 0 Å². The Labute approximate surface area is 126 Å². The molecule has 0 bridgehead atoms. The van der Waals surface area contributed by atoms with E-state index in [9.17, 15) is 0 Å². The van der Waals surface area contributed by atoms with Crippen LogP contribution in [0.25, 0.3) is 11.4 Å². The maximum atomic E-state index is 4.47. The molecular formula is C18H23N3. The molecule has 0 aliphatic heterocycles. The highest BCUT2D eigenvalue weighted by atomic mass is 15.0. The normalized spacial score (nSPS) is 17.4. The molecule has 110 valence electrons. The van der Waals surface area contributed by atoms with E-state index in [1.807, 2.05) is 42.7 Å². The van der Waals surface area contributed by atoms with E-state index in [0.717, 1.165) is 23.0 Å². The second kappa shape index (κ2) is 6.70. The van der Waals surface area contributed by atoms with Gasteiger partial charge in [0.15, 0.2) is 5.82 Å². The summed E-state index contributed by atoms with van der Waals surface area (Å²) in [6.45, 7) is 2.28. The molecule has 1 heterocycles. The van der Waals surface area contributed by atoms with Crippen molar-refractivity contribution in [2.45, 2.75) is 45.1 Å². The molecule has 3 rings (SSSR count). The van der Waals surface area contributed by atoms with Gasteiger partial charge in [-0.2, -0.15) is 0 Å². The van der Waals surface area contributed by atoms with Crippen molar-refractivity contribution in [1.29, 1.82) is 0 Å². The second-order valence-electron chi connectivity index (χ2n) is 5.99. The van der Waals surface area contributed by atoms with Crippen LogP contribution in [0, 0.1) is 5.92 Å². The highest BCUT2D eigenvalue weighted by Gasteiger charge is 2.19. The monoisotopic (exact) mass is 281 g/mol. The zero-order valence-electron chi connectivity index (χ0n) is 12.6. The predicted molar refractivity (Wildman–Crippen MR) is 87.1 cm³/mol. The Hall–Kier alpha value is -1.90. The lowest BCUT2D eigenvalue weighted by Crippen LogP contribution is -2.27. The lowest BCUT2D eigenvalue weighted by molar-refractivity contribution is 0.328. The maximum absolute atomic E-state index is 4.47. The zero-order valence-corrected chi connectivity index (χ0v) is 12.6. The smallest absolute Gasteiger partial charge is 0.159 e. The molecule has 0 amide bonds. The standard InChI is InChI=1S/C18H23N3/c1-14(15-8-4-2-5-9-15)21-17-12-19-18(20-13-17)16-10-6-3-7-11-16/h3,6-7,10-15,21H,2,4-5,8-9H2,1H3. The van der Waals surface area contributed by atoms with Gasteiger partial charge < -0.3 is 5.32 Å². The number of rotatable bonds is 4. The molecule has 0 spiro atoms. The van der Waals surface area contributed by atoms with Crippen LogP contribution in [-0.2, 0) is 0 Å². The maximum Gasteiger partial charge on any atom is 0.159 e. The van der Waals surface area contributed by atoms with Crippen LogP contribution in [0.2, 0.25) is 0 Å². The quantitative estimate of drug-likeness (QED) is 0.895. The van der Waals surface area contributed by atoms with Crippen LogP contribution in [0.4, 0.5) is 5.69 Å². The van der Waals surface area contributed by atoms with Crippen molar-refractivity contribution in [1.82, 2.24) is 9.97 Å². The third-order valence-corrected chi connectivity index (χ3v) is 4.44. The lowest BCUT2D eigenvalue weighted by Gasteiger charge is -2.28. The fraction of sp³-hybridized carbons (Fsp3) is 0.444. The van der Waals surface area contributed by atoms with Gasteiger partial charge in [-0.1, -0.05) is 49.6 Å². The third kappa shape index (κ3) is 3.60. The number of aromatic nitrogens is 2. The van der Waals surface area contributed by atoms with Crippen molar-refractivity contribution in [3.8, 4) is 11.4 Å². The van der Waals surface area contributed by atoms with Gasteiger partial charge in [0.05, 0.1) is 18.1 Å². The molecule has 21 heavy (non-hydrogen) atoms. The van der Waals surface area contributed by atoms with Crippen LogP contribution < -0.4 is 5.32 Å². The van der Waals surface area contributed by atoms with Crippen molar-refractivity contribution in [3.05, 3.63) is 42.7 Å². The summed E-state index contributed by atoms with van der Waals surface area (Å²) >= 11 is 0. The molecule has 1 fully saturated rings. The van der Waals surface area contributed by atoms with Gasteiger partial charge in [0.2, 0.25) is 0 Å². The van der Waals surface area contributed by atoms with Gasteiger partial charge >= 0.3 is 0 Å². The van der Waals surface area contributed by atoms with E-state index in [2.05, 4.69) is 22.2 Å². The van der Waals surface area contributed by atoms with Crippen molar-refractivity contribution in [2.24, 2.45) is 5.92 Å². The molecule has 2 aromatic rings. The van der Waals surface area contributed by atoms with Gasteiger partial charge in [-0.25, -0.2) is 9.97 Å². The van der Waals surface area contributed by atoms with E-state index < -0.39 is 0 Å². The first-order chi connectivity index (χ1) is 10.3. The van der Waals surface area contributed by atoms with E-state index in [0.29, 0.717) is 6.04 Å². The van der Waals surface area contributed by atoms with Gasteiger partial charge in [0.25, 0.3) is 0 Å². The van der Waals surface area contributed by atoms with E-state index in [-0.39, 0.29) is 0 Å². The van der Waals surface area contributed by atoms with Crippen LogP contribution in [0.5, 0.6) is 0 Å². The largest absolute Gasteiger partial charge is 0.380 e. The SMILES string of the molecule is CC(Nc1cnc(-c2ccccc2)nc1)C1CCCCC1. The Bertz CT molecular complexity index is 544. The van der Waals surface area contributed by atoms with E-state index in [4.69, 9.17) is 0 Å². The molecule has 1 aliphatic carbocycles. The number of hydrogen-bond acceptors (Lipinski definition) is 3. The molecule has 1 unspecified atom stereocenters. The highest BCUT2D eigenvalue weighted by Crippen LogP contribution is 2.28. The lowest BCUT2D eigenvalue weighted by atomic mass is 9.84. The molecule has 3 nitrogen and oxygen atoms in total. The summed E-state index contributed by atoms with van der Waals surface area (Å²) in [7, 11) is 0. The predicted octanol–water partition coefficient (Wildman–Crippen LogP) is 4.52. The minimum Gasteiger partial charge on any atom is -0.380 e. The third-order valence-electron chi connectivity index (χ3n) is 4.44. The summed E-state index contributed by atoms with van der Waals surface area (Å²) in [4.78, 5) is 8.95. The topological polar surface area (TPSA) is 37.8 Å². The van der Waals surface area contributed by atoms with Crippen LogP contribution in [0.15, 0.2) is 42.7 Å². The van der Waals surface area contributed by atoms with Crippen molar-refractivity contribution >= 4 is 5.69 Å². The van der Waals surface area contributed by atoms with Gasteiger partial charge in [0.1, 0.15) is 0 Å². The van der Waals surface area contributed by atoms with E-state index >= 15 is 0 Å². The Balaban J connectivity index is 1.64. The van der Waals surface area contributed by atoms with Gasteiger partial charge in [-0.05, 0) is 25.7 Å². The summed E-state index contributed by atoms with van der Waals surface area (Å²) in [5.74, 6) is 1.57. The van der Waals surface area contributed by atoms with Gasteiger partial charge in [-0.15, -0.1) is 0 Å². The number of nitrogens with one attached hydrogen (secondary N) is 1. The summed E-state index contributed by atoms with van der Waals surface area (Å²) in [5.41, 5.74) is 2.08. The summed E-state index contributed by atoms with van der Waals surface area (Å²) < 4.78 is 0. The minimum absolute atomic E-state index is 0.497. The first-order valence-electron chi connectivity index (χ1n) is 7.97. The fourth-order valence-electron chi connectivity index (χ4n) is 3.15. The van der Waals surface area contributed by atoms with Crippen LogP contribution in [0.1, 0.15) is 39.0 Å². The number of nitrogens with zero attached hydrogens (tertiary/aromatic N) is 2. The molecule has 1 aliphatic rings. The Kier molecular flexibility index (Phi) is 4.49. The molecule has 3 heteroatoms. The average molecular weight is 281 g/mol. The number of hydrogen-bond donors (Lipinski definition) is 1. The minimum atomic E-state index is 0.497. The summed E-state index contributed by atoms with van der Waals surface area (Å²) in [6.07, 6.45) is 10.6. The summed E-state index contributed by atoms with van der Waals surface area (Å²) in [5, 5.41) is 3.57. The molecule has 1 N–H and O–H groups in total. The zero-order chi connectivity index (χ0) is 14.5. The Morgan fingerprint density at radius 2 is 1.67 bits per heavy atom. The molecule has 1 aromatic carbocycles. The molecule has 1 aromatic heterocycles.